The molecule has 174 valence electrons. The molecule has 2 aliphatic rings. The fourth-order valence-electron chi connectivity index (χ4n) is 4.77. The highest BCUT2D eigenvalue weighted by atomic mass is 19.1. The quantitative estimate of drug-likeness (QED) is 0.629. The van der Waals surface area contributed by atoms with E-state index < -0.39 is 6.10 Å². The maximum Gasteiger partial charge on any atom is 0.322 e. The van der Waals surface area contributed by atoms with Crippen molar-refractivity contribution in [2.75, 3.05) is 37.0 Å². The number of rotatable bonds is 4. The lowest BCUT2D eigenvalue weighted by Gasteiger charge is -2.30. The third kappa shape index (κ3) is 4.18. The number of piperidine rings is 1. The number of aliphatic hydroxyl groups excluding tert-OH is 1. The predicted octanol–water partition coefficient (Wildman–Crippen LogP) is 3.21. The second kappa shape index (κ2) is 8.86. The molecule has 4 heterocycles. The van der Waals surface area contributed by atoms with Crippen molar-refractivity contribution in [3.05, 3.63) is 48.0 Å². The van der Waals surface area contributed by atoms with E-state index in [9.17, 15) is 14.3 Å². The molecule has 0 spiro atoms. The lowest BCUT2D eigenvalue weighted by atomic mass is 10.0. The zero-order chi connectivity index (χ0) is 22.9. The highest BCUT2D eigenvalue weighted by Crippen LogP contribution is 2.39. The topological polar surface area (TPSA) is 95.2 Å². The number of urea groups is 1. The molecule has 2 atom stereocenters. The number of hydrogen-bond donors (Lipinski definition) is 2. The monoisotopic (exact) mass is 454 g/mol. The number of amides is 2. The molecule has 1 aromatic carbocycles. The summed E-state index contributed by atoms with van der Waals surface area (Å²) in [7, 11) is 1.59. The third-order valence-electron chi connectivity index (χ3n) is 6.38. The molecule has 3 aromatic rings. The lowest BCUT2D eigenvalue weighted by Crippen LogP contribution is -2.44. The van der Waals surface area contributed by atoms with Gasteiger partial charge >= 0.3 is 6.03 Å². The van der Waals surface area contributed by atoms with E-state index in [0.29, 0.717) is 36.6 Å². The number of aliphatic hydroxyl groups is 1. The number of aromatic nitrogens is 3. The number of anilines is 2. The van der Waals surface area contributed by atoms with Gasteiger partial charge in [-0.1, -0.05) is 0 Å². The number of likely N-dealkylation sites (tertiary alicyclic amines) is 1. The third-order valence-corrected chi connectivity index (χ3v) is 6.38. The molecular weight excluding hydrogens is 427 g/mol. The van der Waals surface area contributed by atoms with Crippen molar-refractivity contribution in [1.29, 1.82) is 0 Å². The minimum Gasteiger partial charge on any atom is -0.496 e. The van der Waals surface area contributed by atoms with Crippen LogP contribution in [-0.2, 0) is 0 Å². The molecule has 9 nitrogen and oxygen atoms in total. The first-order valence-electron chi connectivity index (χ1n) is 11.2. The van der Waals surface area contributed by atoms with Crippen LogP contribution in [0.4, 0.5) is 20.7 Å². The van der Waals surface area contributed by atoms with E-state index in [-0.39, 0.29) is 17.9 Å². The molecule has 0 bridgehead atoms. The summed E-state index contributed by atoms with van der Waals surface area (Å²) >= 11 is 0. The van der Waals surface area contributed by atoms with Crippen LogP contribution in [0.25, 0.3) is 5.65 Å². The van der Waals surface area contributed by atoms with E-state index in [4.69, 9.17) is 9.72 Å². The number of hydrogen-bond acceptors (Lipinski definition) is 6. The van der Waals surface area contributed by atoms with Crippen molar-refractivity contribution >= 4 is 23.2 Å². The maximum absolute atomic E-state index is 14.0. The molecule has 33 heavy (non-hydrogen) atoms. The molecule has 0 radical (unpaired) electrons. The molecule has 2 amide bonds. The van der Waals surface area contributed by atoms with Crippen LogP contribution in [0.1, 0.15) is 37.3 Å². The van der Waals surface area contributed by atoms with Gasteiger partial charge in [0.05, 0.1) is 25.5 Å². The van der Waals surface area contributed by atoms with Gasteiger partial charge in [-0.25, -0.2) is 18.7 Å². The molecule has 1 unspecified atom stereocenters. The molecule has 2 fully saturated rings. The Balaban J connectivity index is 1.42. The van der Waals surface area contributed by atoms with Crippen LogP contribution >= 0.6 is 0 Å². The Hall–Kier alpha value is -3.40. The van der Waals surface area contributed by atoms with E-state index in [0.717, 1.165) is 37.2 Å². The summed E-state index contributed by atoms with van der Waals surface area (Å²) in [5.41, 5.74) is 1.82. The Morgan fingerprint density at radius 1 is 1.24 bits per heavy atom. The Labute approximate surface area is 190 Å². The van der Waals surface area contributed by atoms with E-state index in [1.807, 2.05) is 6.07 Å². The summed E-state index contributed by atoms with van der Waals surface area (Å²) in [5.74, 6) is 1.07. The Morgan fingerprint density at radius 2 is 2.09 bits per heavy atom. The van der Waals surface area contributed by atoms with Crippen LogP contribution in [0.3, 0.4) is 0 Å². The van der Waals surface area contributed by atoms with Gasteiger partial charge in [-0.3, -0.25) is 0 Å². The Kier molecular flexibility index (Phi) is 5.76. The van der Waals surface area contributed by atoms with E-state index >= 15 is 0 Å². The summed E-state index contributed by atoms with van der Waals surface area (Å²) in [4.78, 5) is 21.2. The van der Waals surface area contributed by atoms with Gasteiger partial charge in [0, 0.05) is 31.4 Å². The zero-order valence-corrected chi connectivity index (χ0v) is 18.4. The number of fused-ring (bicyclic) bond motifs is 1. The van der Waals surface area contributed by atoms with Gasteiger partial charge < -0.3 is 25.0 Å². The van der Waals surface area contributed by atoms with Crippen molar-refractivity contribution in [3.8, 4) is 5.75 Å². The Morgan fingerprint density at radius 3 is 2.91 bits per heavy atom. The van der Waals surface area contributed by atoms with Gasteiger partial charge in [0.25, 0.3) is 0 Å². The summed E-state index contributed by atoms with van der Waals surface area (Å²) < 4.78 is 21.1. The highest BCUT2D eigenvalue weighted by molar-refractivity contribution is 5.93. The first-order chi connectivity index (χ1) is 16.0. The second-order valence-corrected chi connectivity index (χ2v) is 8.52. The first kappa shape index (κ1) is 21.4. The SMILES string of the molecule is COc1ccc(F)cc1[C@H]1CCCN1c1ccn2ncc(NC(=O)N3CCCC(O)C3)c2n1. The van der Waals surface area contributed by atoms with Crippen LogP contribution in [0.15, 0.2) is 36.7 Å². The molecule has 0 saturated carbocycles. The number of benzene rings is 1. The number of nitrogens with one attached hydrogen (secondary N) is 1. The summed E-state index contributed by atoms with van der Waals surface area (Å²) in [6.45, 7) is 1.69. The van der Waals surface area contributed by atoms with E-state index in [1.54, 1.807) is 35.0 Å². The lowest BCUT2D eigenvalue weighted by molar-refractivity contribution is 0.0883. The van der Waals surface area contributed by atoms with Gasteiger partial charge in [0.1, 0.15) is 23.1 Å². The normalized spacial score (nSPS) is 20.9. The number of halogens is 1. The van der Waals surface area contributed by atoms with Gasteiger partial charge in [-0.15, -0.1) is 0 Å². The predicted molar refractivity (Wildman–Crippen MR) is 121 cm³/mol. The average molecular weight is 455 g/mol. The summed E-state index contributed by atoms with van der Waals surface area (Å²) in [5, 5.41) is 17.1. The molecular formula is C23H27FN6O3. The fraction of sp³-hybridized carbons (Fsp3) is 0.435. The maximum atomic E-state index is 14.0. The smallest absolute Gasteiger partial charge is 0.322 e. The van der Waals surface area contributed by atoms with Crippen molar-refractivity contribution in [1.82, 2.24) is 19.5 Å². The molecule has 0 aliphatic carbocycles. The summed E-state index contributed by atoms with van der Waals surface area (Å²) in [6, 6.07) is 6.10. The minimum absolute atomic E-state index is 0.0681. The minimum atomic E-state index is -0.495. The zero-order valence-electron chi connectivity index (χ0n) is 18.4. The van der Waals surface area contributed by atoms with Crippen LogP contribution in [0.2, 0.25) is 0 Å². The van der Waals surface area contributed by atoms with Gasteiger partial charge in [0.15, 0.2) is 5.65 Å². The fourth-order valence-corrected chi connectivity index (χ4v) is 4.77. The molecule has 2 aliphatic heterocycles. The van der Waals surface area contributed by atoms with E-state index in [1.165, 1.54) is 12.1 Å². The van der Waals surface area contributed by atoms with Crippen LogP contribution < -0.4 is 15.0 Å². The van der Waals surface area contributed by atoms with Gasteiger partial charge in [0.2, 0.25) is 0 Å². The van der Waals surface area contributed by atoms with Crippen molar-refractivity contribution in [2.24, 2.45) is 0 Å². The standard InChI is InChI=1S/C23H27FN6O3/c1-33-20-7-6-15(24)12-17(20)19-5-3-10-29(19)21-8-11-30-22(27-21)18(13-25-30)26-23(32)28-9-2-4-16(31)14-28/h6-8,11-13,16,19,31H,2-5,9-10,14H2,1H3,(H,26,32)/t16?,19-/m1/s1. The number of carbonyl (C=O) groups excluding carboxylic acids is 1. The van der Waals surface area contributed by atoms with E-state index in [2.05, 4.69) is 15.3 Å². The first-order valence-corrected chi connectivity index (χ1v) is 11.2. The van der Waals surface area contributed by atoms with Crippen molar-refractivity contribution in [3.63, 3.8) is 0 Å². The van der Waals surface area contributed by atoms with Crippen LogP contribution in [-0.4, -0.2) is 63.5 Å². The Bertz CT molecular complexity index is 1170. The second-order valence-electron chi connectivity index (χ2n) is 8.52. The molecule has 2 saturated heterocycles. The molecule has 10 heteroatoms. The number of nitrogens with zero attached hydrogens (tertiary/aromatic N) is 5. The van der Waals surface area contributed by atoms with Gasteiger partial charge in [-0.05, 0) is 49.9 Å². The van der Waals surface area contributed by atoms with Crippen LogP contribution in [0, 0.1) is 5.82 Å². The van der Waals surface area contributed by atoms with Gasteiger partial charge in [-0.2, -0.15) is 5.10 Å². The average Bonchev–Trinajstić information content (AvgIpc) is 3.46. The molecule has 2 aromatic heterocycles. The number of β-amino-alcohol motifs (C(OH)–C–C–N with tert-alkyl or cyclic N) is 1. The van der Waals surface area contributed by atoms with Crippen LogP contribution in [0.5, 0.6) is 5.75 Å². The molecule has 5 rings (SSSR count). The summed E-state index contributed by atoms with van der Waals surface area (Å²) in [6.07, 6.45) is 6.15. The number of ether oxygens (including phenoxy) is 1. The number of carbonyl (C=O) groups is 1. The highest BCUT2D eigenvalue weighted by Gasteiger charge is 2.30. The number of methoxy groups -OCH3 is 1. The largest absolute Gasteiger partial charge is 0.496 e. The van der Waals surface area contributed by atoms with Crippen molar-refractivity contribution in [2.45, 2.75) is 37.8 Å². The van der Waals surface area contributed by atoms with Crippen molar-refractivity contribution < 1.29 is 19.0 Å². The molecule has 2 N–H and O–H groups in total.